The molecule has 2 heterocycles. The molecule has 2 saturated heterocycles. The minimum Gasteiger partial charge on any atom is -0.447 e. The molecule has 0 spiro atoms. The second-order valence-corrected chi connectivity index (χ2v) is 6.12. The van der Waals surface area contributed by atoms with Crippen LogP contribution >= 0.6 is 0 Å². The molecule has 2 aliphatic heterocycles. The highest BCUT2D eigenvalue weighted by molar-refractivity contribution is 5.95. The van der Waals surface area contributed by atoms with Gasteiger partial charge in [-0.15, -0.1) is 0 Å². The van der Waals surface area contributed by atoms with E-state index in [1.54, 1.807) is 29.2 Å². The van der Waals surface area contributed by atoms with Crippen molar-refractivity contribution in [2.45, 2.75) is 25.8 Å². The summed E-state index contributed by atoms with van der Waals surface area (Å²) in [6, 6.07) is 7.42. The van der Waals surface area contributed by atoms with E-state index in [2.05, 4.69) is 17.1 Å². The summed E-state index contributed by atoms with van der Waals surface area (Å²) in [5.74, 6) is -0.0772. The lowest BCUT2D eigenvalue weighted by molar-refractivity contribution is 0.0940. The van der Waals surface area contributed by atoms with Gasteiger partial charge in [-0.3, -0.25) is 14.6 Å². The fraction of sp³-hybridized carbons (Fsp3) is 0.529. The van der Waals surface area contributed by atoms with Gasteiger partial charge in [0, 0.05) is 23.8 Å². The largest absolute Gasteiger partial charge is 0.447 e. The lowest BCUT2D eigenvalue weighted by Gasteiger charge is -2.23. The Bertz CT molecular complexity index is 567. The smallest absolute Gasteiger partial charge is 0.414 e. The number of nitrogens with zero attached hydrogens (tertiary/aromatic N) is 2. The number of nitrogens with one attached hydrogen (secondary N) is 1. The average Bonchev–Trinajstić information content (AvgIpc) is 3.24. The fourth-order valence-corrected chi connectivity index (χ4v) is 3.07. The van der Waals surface area contributed by atoms with Gasteiger partial charge in [0.1, 0.15) is 6.61 Å². The first-order valence-electron chi connectivity index (χ1n) is 8.22. The Morgan fingerprint density at radius 1 is 1.22 bits per heavy atom. The van der Waals surface area contributed by atoms with Crippen LogP contribution < -0.4 is 10.2 Å². The lowest BCUT2D eigenvalue weighted by Crippen LogP contribution is -2.40. The number of amides is 2. The molecule has 3 rings (SSSR count). The summed E-state index contributed by atoms with van der Waals surface area (Å²) in [4.78, 5) is 27.7. The van der Waals surface area contributed by atoms with E-state index in [0.717, 1.165) is 18.8 Å². The molecule has 6 heteroatoms. The van der Waals surface area contributed by atoms with Crippen molar-refractivity contribution in [1.82, 2.24) is 10.2 Å². The van der Waals surface area contributed by atoms with Crippen molar-refractivity contribution < 1.29 is 14.3 Å². The fourth-order valence-electron chi connectivity index (χ4n) is 3.07. The molecule has 0 radical (unpaired) electrons. The second kappa shape index (κ2) is 7.00. The zero-order chi connectivity index (χ0) is 16.2. The van der Waals surface area contributed by atoms with Gasteiger partial charge in [-0.05, 0) is 57.1 Å². The molecule has 0 unspecified atom stereocenters. The molecule has 1 atom stereocenters. The normalized spacial score (nSPS) is 19.7. The van der Waals surface area contributed by atoms with Crippen LogP contribution in [0, 0.1) is 0 Å². The molecule has 1 aromatic rings. The van der Waals surface area contributed by atoms with Gasteiger partial charge in [-0.1, -0.05) is 0 Å². The number of anilines is 1. The summed E-state index contributed by atoms with van der Waals surface area (Å²) in [6.45, 7) is 6.01. The molecule has 0 aromatic heterocycles. The molecule has 1 aromatic carbocycles. The Balaban J connectivity index is 1.54. The number of ether oxygens (including phenoxy) is 1. The third-order valence-corrected chi connectivity index (χ3v) is 4.52. The molecule has 2 aliphatic rings. The van der Waals surface area contributed by atoms with E-state index in [9.17, 15) is 9.59 Å². The summed E-state index contributed by atoms with van der Waals surface area (Å²) in [5.41, 5.74) is 1.37. The number of benzene rings is 1. The van der Waals surface area contributed by atoms with Gasteiger partial charge in [0.05, 0.1) is 6.54 Å². The maximum Gasteiger partial charge on any atom is 0.414 e. The number of rotatable bonds is 5. The van der Waals surface area contributed by atoms with Crippen LogP contribution in [0.2, 0.25) is 0 Å². The van der Waals surface area contributed by atoms with Crippen LogP contribution in [-0.4, -0.2) is 55.7 Å². The SMILES string of the molecule is C[C@H](CNC(=O)c1ccc(N2CCOC2=O)cc1)N1CCCC1. The van der Waals surface area contributed by atoms with Crippen molar-refractivity contribution in [3.63, 3.8) is 0 Å². The van der Waals surface area contributed by atoms with Gasteiger partial charge in [0.2, 0.25) is 0 Å². The van der Waals surface area contributed by atoms with Gasteiger partial charge >= 0.3 is 6.09 Å². The third kappa shape index (κ3) is 3.64. The maximum absolute atomic E-state index is 12.2. The Morgan fingerprint density at radius 2 is 1.91 bits per heavy atom. The number of carbonyl (C=O) groups excluding carboxylic acids is 2. The van der Waals surface area contributed by atoms with E-state index < -0.39 is 0 Å². The highest BCUT2D eigenvalue weighted by Gasteiger charge is 2.23. The molecule has 0 saturated carbocycles. The molecule has 2 fully saturated rings. The van der Waals surface area contributed by atoms with E-state index in [4.69, 9.17) is 4.74 Å². The monoisotopic (exact) mass is 317 g/mol. The summed E-state index contributed by atoms with van der Waals surface area (Å²) < 4.78 is 4.91. The highest BCUT2D eigenvalue weighted by Crippen LogP contribution is 2.19. The topological polar surface area (TPSA) is 61.9 Å². The van der Waals surface area contributed by atoms with Crippen molar-refractivity contribution in [2.24, 2.45) is 0 Å². The van der Waals surface area contributed by atoms with E-state index in [-0.39, 0.29) is 12.0 Å². The predicted molar refractivity (Wildman–Crippen MR) is 87.7 cm³/mol. The average molecular weight is 317 g/mol. The van der Waals surface area contributed by atoms with Crippen molar-refractivity contribution in [2.75, 3.05) is 37.7 Å². The van der Waals surface area contributed by atoms with Crippen molar-refractivity contribution >= 4 is 17.7 Å². The van der Waals surface area contributed by atoms with Crippen LogP contribution in [0.15, 0.2) is 24.3 Å². The van der Waals surface area contributed by atoms with Crippen LogP contribution in [0.5, 0.6) is 0 Å². The summed E-state index contributed by atoms with van der Waals surface area (Å²) in [5, 5.41) is 2.99. The number of hydrogen-bond donors (Lipinski definition) is 1. The number of likely N-dealkylation sites (tertiary alicyclic amines) is 1. The molecule has 0 bridgehead atoms. The lowest BCUT2D eigenvalue weighted by atomic mass is 10.1. The zero-order valence-electron chi connectivity index (χ0n) is 13.5. The predicted octanol–water partition coefficient (Wildman–Crippen LogP) is 1.86. The highest BCUT2D eigenvalue weighted by atomic mass is 16.6. The first kappa shape index (κ1) is 15.8. The molecule has 124 valence electrons. The van der Waals surface area contributed by atoms with Crippen molar-refractivity contribution in [3.05, 3.63) is 29.8 Å². The van der Waals surface area contributed by atoms with Crippen LogP contribution in [0.4, 0.5) is 10.5 Å². The van der Waals surface area contributed by atoms with Crippen LogP contribution in [0.3, 0.4) is 0 Å². The first-order valence-corrected chi connectivity index (χ1v) is 8.22. The van der Waals surface area contributed by atoms with E-state index in [0.29, 0.717) is 31.3 Å². The summed E-state index contributed by atoms with van der Waals surface area (Å²) in [6.07, 6.45) is 2.17. The van der Waals surface area contributed by atoms with Crippen LogP contribution in [0.25, 0.3) is 0 Å². The molecular weight excluding hydrogens is 294 g/mol. The first-order chi connectivity index (χ1) is 11.1. The Hall–Kier alpha value is -2.08. The Labute approximate surface area is 136 Å². The van der Waals surface area contributed by atoms with Crippen molar-refractivity contribution in [1.29, 1.82) is 0 Å². The quantitative estimate of drug-likeness (QED) is 0.900. The number of hydrogen-bond acceptors (Lipinski definition) is 4. The molecule has 6 nitrogen and oxygen atoms in total. The third-order valence-electron chi connectivity index (χ3n) is 4.52. The van der Waals surface area contributed by atoms with Gasteiger partial charge in [0.25, 0.3) is 5.91 Å². The Morgan fingerprint density at radius 3 is 2.52 bits per heavy atom. The van der Waals surface area contributed by atoms with Crippen LogP contribution in [-0.2, 0) is 4.74 Å². The van der Waals surface area contributed by atoms with Crippen molar-refractivity contribution in [3.8, 4) is 0 Å². The summed E-state index contributed by atoms with van der Waals surface area (Å²) in [7, 11) is 0. The van der Waals surface area contributed by atoms with Gasteiger partial charge in [-0.2, -0.15) is 0 Å². The second-order valence-electron chi connectivity index (χ2n) is 6.12. The number of cyclic esters (lactones) is 1. The van der Waals surface area contributed by atoms with E-state index >= 15 is 0 Å². The standard InChI is InChI=1S/C17H23N3O3/c1-13(19-8-2-3-9-19)12-18-16(21)14-4-6-15(7-5-14)20-10-11-23-17(20)22/h4-7,13H,2-3,8-12H2,1H3,(H,18,21)/t13-/m1/s1. The minimum absolute atomic E-state index is 0.0772. The van der Waals surface area contributed by atoms with Gasteiger partial charge in [-0.25, -0.2) is 4.79 Å². The maximum atomic E-state index is 12.2. The molecule has 2 amide bonds. The Kier molecular flexibility index (Phi) is 4.81. The van der Waals surface area contributed by atoms with Gasteiger partial charge in [0.15, 0.2) is 0 Å². The molecule has 23 heavy (non-hydrogen) atoms. The number of carbonyl (C=O) groups is 2. The minimum atomic E-state index is -0.332. The molecule has 0 aliphatic carbocycles. The summed E-state index contributed by atoms with van der Waals surface area (Å²) >= 11 is 0. The van der Waals surface area contributed by atoms with Crippen LogP contribution in [0.1, 0.15) is 30.1 Å². The zero-order valence-corrected chi connectivity index (χ0v) is 13.5. The molecule has 1 N–H and O–H groups in total. The van der Waals surface area contributed by atoms with E-state index in [1.165, 1.54) is 12.8 Å². The van der Waals surface area contributed by atoms with E-state index in [1.807, 2.05) is 0 Å². The molecular formula is C17H23N3O3. The van der Waals surface area contributed by atoms with Gasteiger partial charge < -0.3 is 10.1 Å².